The summed E-state index contributed by atoms with van der Waals surface area (Å²) in [6.07, 6.45) is 2.71. The van der Waals surface area contributed by atoms with Crippen molar-refractivity contribution in [2.75, 3.05) is 0 Å². The zero-order valence-electron chi connectivity index (χ0n) is 29.3. The van der Waals surface area contributed by atoms with Gasteiger partial charge in [-0.05, 0) is 65.2 Å². The second-order valence-electron chi connectivity index (χ2n) is 12.4. The van der Waals surface area contributed by atoms with Crippen molar-refractivity contribution in [3.05, 3.63) is 148 Å². The van der Waals surface area contributed by atoms with Crippen molar-refractivity contribution < 1.29 is 52.2 Å². The van der Waals surface area contributed by atoms with Crippen molar-refractivity contribution in [3.8, 4) is 11.8 Å². The van der Waals surface area contributed by atoms with Gasteiger partial charge in [0.15, 0.2) is 0 Å². The van der Waals surface area contributed by atoms with Gasteiger partial charge in [-0.3, -0.25) is 48.5 Å². The Morgan fingerprint density at radius 1 is 0.607 bits per heavy atom. The quantitative estimate of drug-likeness (QED) is 0.142. The van der Waals surface area contributed by atoms with Crippen LogP contribution in [0.15, 0.2) is 91.1 Å². The summed E-state index contributed by atoms with van der Waals surface area (Å²) < 4.78 is 38.9. The lowest BCUT2D eigenvalue weighted by Crippen LogP contribution is -2.28. The van der Waals surface area contributed by atoms with E-state index in [0.29, 0.717) is 31.2 Å². The van der Waals surface area contributed by atoms with Crippen LogP contribution in [0.1, 0.15) is 74.3 Å². The third kappa shape index (κ3) is 9.81. The molecule has 12 nitrogen and oxygen atoms in total. The van der Waals surface area contributed by atoms with Gasteiger partial charge >= 0.3 is 0 Å². The van der Waals surface area contributed by atoms with Gasteiger partial charge in [0.2, 0.25) is 47.0 Å². The fraction of sp³-hybridized carbons (Fsp3) is 0.175. The van der Waals surface area contributed by atoms with Crippen LogP contribution >= 0.6 is 15.9 Å². The first-order valence-electron chi connectivity index (χ1n) is 16.9. The number of aromatic hydroxyl groups is 2. The van der Waals surface area contributed by atoms with E-state index in [-0.39, 0.29) is 70.7 Å². The summed E-state index contributed by atoms with van der Waals surface area (Å²) in [6, 6.07) is 20.6. The van der Waals surface area contributed by atoms with Crippen LogP contribution in [0, 0.1) is 17.5 Å². The minimum absolute atomic E-state index is 0.0325. The Bertz CT molecular complexity index is 2210. The van der Waals surface area contributed by atoms with Crippen LogP contribution < -0.4 is 5.32 Å². The molecule has 0 atom stereocenters. The van der Waals surface area contributed by atoms with E-state index in [0.717, 1.165) is 21.0 Å². The molecule has 5 aromatic rings. The molecule has 2 aliphatic heterocycles. The first-order valence-corrected chi connectivity index (χ1v) is 18.0. The maximum atomic E-state index is 13.0. The topological polar surface area (TPSA) is 176 Å². The highest BCUT2D eigenvalue weighted by Crippen LogP contribution is 2.40. The van der Waals surface area contributed by atoms with E-state index in [2.05, 4.69) is 26.2 Å². The van der Waals surface area contributed by atoms with E-state index in [1.54, 1.807) is 24.3 Å². The molecule has 16 heteroatoms. The summed E-state index contributed by atoms with van der Waals surface area (Å²) in [4.78, 5) is 73.1. The number of fused-ring (bicyclic) bond motifs is 2. The molecule has 288 valence electrons. The van der Waals surface area contributed by atoms with Crippen LogP contribution in [-0.4, -0.2) is 59.9 Å². The second kappa shape index (κ2) is 18.3. The lowest BCUT2D eigenvalue weighted by molar-refractivity contribution is -0.139. The van der Waals surface area contributed by atoms with Gasteiger partial charge in [-0.15, -0.1) is 0 Å². The molecule has 3 aliphatic rings. The molecule has 2 saturated heterocycles. The van der Waals surface area contributed by atoms with E-state index in [9.17, 15) is 52.2 Å². The summed E-state index contributed by atoms with van der Waals surface area (Å²) >= 11 is 3.26. The van der Waals surface area contributed by atoms with Crippen LogP contribution in [0.4, 0.5) is 13.2 Å². The second-order valence-corrected chi connectivity index (χ2v) is 13.0. The average Bonchev–Trinajstić information content (AvgIpc) is 3.82. The summed E-state index contributed by atoms with van der Waals surface area (Å²) in [6.45, 7) is 0.216. The van der Waals surface area contributed by atoms with Crippen molar-refractivity contribution in [1.82, 2.24) is 19.8 Å². The molecule has 0 bridgehead atoms. The Morgan fingerprint density at radius 3 is 1.50 bits per heavy atom. The van der Waals surface area contributed by atoms with Crippen LogP contribution in [-0.2, 0) is 37.6 Å². The zero-order valence-corrected chi connectivity index (χ0v) is 30.9. The minimum Gasteiger partial charge on any atom is -0.494 e. The SMILES string of the molecule is Fc1ccc(CBr)cc1.O=C1CCC(=O)N1.O=C1CCC(=O)N1Cc1ccc(F)cc1.O=C1c2cccnc2C(=O)c2c1c(O)n(Cc1ccc(F)cc1)c2O. The van der Waals surface area contributed by atoms with Gasteiger partial charge in [0.1, 0.15) is 28.7 Å². The number of likely N-dealkylation sites (tertiary alicyclic amines) is 1. The van der Waals surface area contributed by atoms with Crippen LogP contribution in [0.2, 0.25) is 0 Å². The Balaban J connectivity index is 0.000000163. The number of carbonyl (C=O) groups excluding carboxylic acids is 6. The summed E-state index contributed by atoms with van der Waals surface area (Å²) in [7, 11) is 0. The molecule has 0 spiro atoms. The molecule has 4 amide bonds. The van der Waals surface area contributed by atoms with Crippen LogP contribution in [0.5, 0.6) is 11.8 Å². The first-order chi connectivity index (χ1) is 26.8. The van der Waals surface area contributed by atoms with E-state index < -0.39 is 29.1 Å². The molecule has 0 saturated carbocycles. The third-order valence-corrected chi connectivity index (χ3v) is 9.17. The molecule has 3 aromatic carbocycles. The molecular formula is C40H32BrF3N4O8. The highest BCUT2D eigenvalue weighted by molar-refractivity contribution is 9.08. The van der Waals surface area contributed by atoms with Crippen molar-refractivity contribution in [2.45, 2.75) is 44.1 Å². The number of hydrogen-bond acceptors (Lipinski definition) is 9. The van der Waals surface area contributed by atoms with Crippen molar-refractivity contribution in [1.29, 1.82) is 0 Å². The maximum Gasteiger partial charge on any atom is 0.229 e. The minimum atomic E-state index is -0.629. The molecule has 3 N–H and O–H groups in total. The predicted molar refractivity (Wildman–Crippen MR) is 197 cm³/mol. The number of carbonyl (C=O) groups is 6. The van der Waals surface area contributed by atoms with Crippen molar-refractivity contribution in [3.63, 3.8) is 0 Å². The number of nitrogens with one attached hydrogen (secondary N) is 1. The fourth-order valence-electron chi connectivity index (χ4n) is 5.62. The van der Waals surface area contributed by atoms with E-state index in [4.69, 9.17) is 0 Å². The summed E-state index contributed by atoms with van der Waals surface area (Å²) in [5, 5.41) is 23.8. The van der Waals surface area contributed by atoms with Crippen molar-refractivity contribution in [2.24, 2.45) is 0 Å². The largest absolute Gasteiger partial charge is 0.494 e. The number of halogens is 4. The van der Waals surface area contributed by atoms with Gasteiger partial charge in [0.05, 0.1) is 24.2 Å². The lowest BCUT2D eigenvalue weighted by Gasteiger charge is -2.13. The maximum absolute atomic E-state index is 13.0. The molecule has 4 heterocycles. The molecular weight excluding hydrogens is 801 g/mol. The van der Waals surface area contributed by atoms with Gasteiger partial charge < -0.3 is 10.2 Å². The number of nitrogens with zero attached hydrogens (tertiary/aromatic N) is 3. The molecule has 2 fully saturated rings. The number of alkyl halides is 1. The van der Waals surface area contributed by atoms with Crippen molar-refractivity contribution >= 4 is 51.1 Å². The van der Waals surface area contributed by atoms with E-state index in [1.807, 2.05) is 0 Å². The van der Waals surface area contributed by atoms with E-state index >= 15 is 0 Å². The number of ketones is 2. The summed E-state index contributed by atoms with van der Waals surface area (Å²) in [5.41, 5.74) is 1.94. The smallest absolute Gasteiger partial charge is 0.229 e. The molecule has 1 aliphatic carbocycles. The zero-order chi connectivity index (χ0) is 40.5. The third-order valence-electron chi connectivity index (χ3n) is 8.52. The number of pyridine rings is 1. The fourth-order valence-corrected chi connectivity index (χ4v) is 6.00. The first kappa shape index (κ1) is 40.8. The normalized spacial score (nSPS) is 14.1. The Labute approximate surface area is 325 Å². The Hall–Kier alpha value is -6.42. The van der Waals surface area contributed by atoms with Crippen LogP contribution in [0.25, 0.3) is 0 Å². The van der Waals surface area contributed by atoms with Gasteiger partial charge in [-0.1, -0.05) is 52.3 Å². The number of amides is 4. The highest BCUT2D eigenvalue weighted by Gasteiger charge is 2.39. The number of hydrogen-bond donors (Lipinski definition) is 3. The highest BCUT2D eigenvalue weighted by atomic mass is 79.9. The number of rotatable bonds is 5. The Morgan fingerprint density at radius 2 is 1.05 bits per heavy atom. The number of imide groups is 2. The molecule has 56 heavy (non-hydrogen) atoms. The van der Waals surface area contributed by atoms with Gasteiger partial charge in [0.25, 0.3) is 0 Å². The predicted octanol–water partition coefficient (Wildman–Crippen LogP) is 5.88. The average molecular weight is 834 g/mol. The lowest BCUT2D eigenvalue weighted by atomic mass is 9.89. The van der Waals surface area contributed by atoms with Gasteiger partial charge in [-0.25, -0.2) is 13.2 Å². The standard InChI is InChI=1S/C18H11FN2O4.C11H10FNO2.C7H6BrF.C4H5NO2/c19-10-5-3-9(4-6-10)8-21-17(24)12-13(18(21)25)16(23)14-11(15(12)22)2-1-7-20-14;12-9-3-1-8(2-4-9)7-13-10(14)5-6-11(13)15;8-5-6-1-3-7(9)4-2-6;6-3-1-2-4(7)5-3/h1-7,24-25H,8H2;1-4H,5-7H2;1-4H,5H2;1-2H2,(H,5,6,7). The summed E-state index contributed by atoms with van der Waals surface area (Å²) in [5.74, 6) is -3.76. The molecule has 0 radical (unpaired) electrons. The molecule has 0 unspecified atom stereocenters. The van der Waals surface area contributed by atoms with Crippen LogP contribution in [0.3, 0.4) is 0 Å². The molecule has 8 rings (SSSR count). The van der Waals surface area contributed by atoms with Gasteiger partial charge in [-0.2, -0.15) is 0 Å². The molecule has 2 aromatic heterocycles. The van der Waals surface area contributed by atoms with Gasteiger partial charge in [0, 0.05) is 37.2 Å². The Kier molecular flexibility index (Phi) is 13.3. The monoisotopic (exact) mass is 832 g/mol. The number of aromatic nitrogens is 2. The number of benzene rings is 3. The van der Waals surface area contributed by atoms with E-state index in [1.165, 1.54) is 71.8 Å².